The number of allylic oxidation sites excluding steroid dienone is 1. The Labute approximate surface area is 284 Å². The molecule has 0 spiro atoms. The molecule has 1 atom stereocenters. The molecule has 2 aromatic carbocycles. The van der Waals surface area contributed by atoms with Gasteiger partial charge in [0, 0.05) is 39.1 Å². The minimum Gasteiger partial charge on any atom is -0.287 e. The summed E-state index contributed by atoms with van der Waals surface area (Å²) in [6.07, 6.45) is 3.36. The maximum Gasteiger partial charge on any atom is 0.161 e. The number of alkyl halides is 1. The molecule has 0 aliphatic carbocycles. The Kier molecular flexibility index (Phi) is 10.4. The van der Waals surface area contributed by atoms with Crippen LogP contribution < -0.4 is 5.43 Å². The van der Waals surface area contributed by atoms with Crippen molar-refractivity contribution in [3.8, 4) is 22.4 Å². The number of halogens is 6. The molecule has 44 heavy (non-hydrogen) atoms. The topological polar surface area (TPSA) is 76.0 Å². The predicted molar refractivity (Wildman–Crippen MR) is 184 cm³/mol. The van der Waals surface area contributed by atoms with Gasteiger partial charge in [-0.15, -0.1) is 5.10 Å². The number of hydrogen-bond donors (Lipinski definition) is 1. The van der Waals surface area contributed by atoms with Gasteiger partial charge in [-0.05, 0) is 73.5 Å². The summed E-state index contributed by atoms with van der Waals surface area (Å²) in [5.74, 6) is 0. The zero-order chi connectivity index (χ0) is 31.4. The van der Waals surface area contributed by atoms with Crippen LogP contribution in [0.5, 0.6) is 0 Å². The largest absolute Gasteiger partial charge is 0.287 e. The zero-order valence-corrected chi connectivity index (χ0v) is 27.7. The van der Waals surface area contributed by atoms with Gasteiger partial charge in [-0.2, -0.15) is 10.2 Å². The van der Waals surface area contributed by atoms with Gasteiger partial charge in [0.25, 0.3) is 0 Å². The second-order valence-electron chi connectivity index (χ2n) is 9.49. The Balaban J connectivity index is 0.000000175. The Bertz CT molecular complexity index is 1870. The van der Waals surface area contributed by atoms with E-state index in [1.54, 1.807) is 36.7 Å². The lowest BCUT2D eigenvalue weighted by Crippen LogP contribution is -2.28. The number of aromatic nitrogens is 4. The monoisotopic (exact) mass is 700 g/mol. The van der Waals surface area contributed by atoms with Crippen molar-refractivity contribution in [3.05, 3.63) is 127 Å². The van der Waals surface area contributed by atoms with Crippen molar-refractivity contribution in [2.45, 2.75) is 19.3 Å². The molecule has 5 aromatic rings. The molecule has 3 aromatic heterocycles. The molecule has 0 saturated heterocycles. The lowest BCUT2D eigenvalue weighted by Gasteiger charge is -2.24. The van der Waals surface area contributed by atoms with Crippen LogP contribution in [-0.4, -0.2) is 31.4 Å². The van der Waals surface area contributed by atoms with E-state index < -0.39 is 5.50 Å². The smallest absolute Gasteiger partial charge is 0.161 e. The van der Waals surface area contributed by atoms with Gasteiger partial charge >= 0.3 is 0 Å². The second kappa shape index (κ2) is 14.2. The van der Waals surface area contributed by atoms with Crippen LogP contribution in [0, 0.1) is 6.92 Å². The van der Waals surface area contributed by atoms with Crippen LogP contribution in [0.2, 0.25) is 25.2 Å². The highest BCUT2D eigenvalue weighted by molar-refractivity contribution is 6.40. The molecule has 1 N–H and O–H groups in total. The van der Waals surface area contributed by atoms with Gasteiger partial charge in [-0.3, -0.25) is 15.4 Å². The van der Waals surface area contributed by atoms with E-state index in [0.29, 0.717) is 37.0 Å². The average molecular weight is 703 g/mol. The first-order valence-corrected chi connectivity index (χ1v) is 15.4. The van der Waals surface area contributed by atoms with Gasteiger partial charge in [0.2, 0.25) is 0 Å². The Morgan fingerprint density at radius 1 is 0.636 bits per heavy atom. The van der Waals surface area contributed by atoms with E-state index in [9.17, 15) is 0 Å². The van der Waals surface area contributed by atoms with Crippen LogP contribution in [0.15, 0.2) is 90.3 Å². The molecule has 1 aliphatic rings. The number of hydrazone groups is 1. The SMILES string of the molecule is CC1=NNC(Cl)C(c2ncccc2Cl)=C1c1ccc(Cl)cc1.Cc1nnc(Cl)c(-c2ncccc2Cl)c1-c1ccc(Cl)cc1. The van der Waals surface area contributed by atoms with Gasteiger partial charge in [-0.25, -0.2) is 0 Å². The Morgan fingerprint density at radius 2 is 1.18 bits per heavy atom. The summed E-state index contributed by atoms with van der Waals surface area (Å²) in [6, 6.07) is 22.1. The third-order valence-electron chi connectivity index (χ3n) is 6.61. The van der Waals surface area contributed by atoms with Crippen LogP contribution >= 0.6 is 69.6 Å². The van der Waals surface area contributed by atoms with Crippen molar-refractivity contribution in [1.82, 2.24) is 25.6 Å². The summed E-state index contributed by atoms with van der Waals surface area (Å²) in [5.41, 5.74) is 10.3. The lowest BCUT2D eigenvalue weighted by molar-refractivity contribution is 0.777. The fourth-order valence-corrected chi connectivity index (χ4v) is 5.83. The fraction of sp³-hybridized carbons (Fsp3) is 0.0938. The molecule has 0 fully saturated rings. The van der Waals surface area contributed by atoms with E-state index in [1.165, 1.54) is 0 Å². The summed E-state index contributed by atoms with van der Waals surface area (Å²) in [6.45, 7) is 3.78. The van der Waals surface area contributed by atoms with Crippen LogP contribution in [0.1, 0.15) is 23.9 Å². The van der Waals surface area contributed by atoms with Crippen molar-refractivity contribution in [2.24, 2.45) is 5.10 Å². The van der Waals surface area contributed by atoms with Crippen LogP contribution in [-0.2, 0) is 0 Å². The number of pyridine rings is 2. The summed E-state index contributed by atoms with van der Waals surface area (Å²) >= 11 is 37.2. The zero-order valence-electron chi connectivity index (χ0n) is 23.2. The van der Waals surface area contributed by atoms with Crippen LogP contribution in [0.3, 0.4) is 0 Å². The fourth-order valence-electron chi connectivity index (χ4n) is 4.66. The van der Waals surface area contributed by atoms with Gasteiger partial charge in [0.15, 0.2) is 5.15 Å². The average Bonchev–Trinajstić information content (AvgIpc) is 3.02. The second-order valence-corrected chi connectivity index (χ2v) is 12.0. The lowest BCUT2D eigenvalue weighted by atomic mass is 9.93. The summed E-state index contributed by atoms with van der Waals surface area (Å²) in [7, 11) is 0. The number of nitrogens with one attached hydrogen (secondary N) is 1. The Hall–Kier alpha value is -3.23. The van der Waals surface area contributed by atoms with Crippen molar-refractivity contribution < 1.29 is 0 Å². The van der Waals surface area contributed by atoms with Gasteiger partial charge < -0.3 is 0 Å². The van der Waals surface area contributed by atoms with Gasteiger partial charge in [0.05, 0.1) is 38.4 Å². The standard InChI is InChI=1S/C16H12Cl3N3.C16H10Cl3N3/c2*1-9-13(10-4-6-11(17)7-5-10)14(16(19)22-21-9)15-12(18)3-2-8-20-15/h2-8,16,22H,1H3;2-8H,1H3. The molecule has 6 rings (SSSR count). The molecule has 0 bridgehead atoms. The van der Waals surface area contributed by atoms with E-state index in [-0.39, 0.29) is 5.15 Å². The highest BCUT2D eigenvalue weighted by atomic mass is 35.5. The van der Waals surface area contributed by atoms with Gasteiger partial charge in [-0.1, -0.05) is 93.9 Å². The van der Waals surface area contributed by atoms with Crippen LogP contribution in [0.4, 0.5) is 0 Å². The van der Waals surface area contributed by atoms with Crippen LogP contribution in [0.25, 0.3) is 33.5 Å². The number of benzene rings is 2. The highest BCUT2D eigenvalue weighted by Crippen LogP contribution is 2.40. The highest BCUT2D eigenvalue weighted by Gasteiger charge is 2.27. The first kappa shape index (κ1) is 32.2. The van der Waals surface area contributed by atoms with Gasteiger partial charge in [0.1, 0.15) is 5.50 Å². The van der Waals surface area contributed by atoms with E-state index in [2.05, 4.69) is 30.7 Å². The molecule has 6 nitrogen and oxygen atoms in total. The normalized spacial score (nSPS) is 14.4. The molecule has 0 radical (unpaired) electrons. The maximum absolute atomic E-state index is 6.43. The molecular weight excluding hydrogens is 681 g/mol. The number of nitrogens with zero attached hydrogens (tertiary/aromatic N) is 5. The summed E-state index contributed by atoms with van der Waals surface area (Å²) < 4.78 is 0. The number of rotatable bonds is 4. The molecule has 12 heteroatoms. The van der Waals surface area contributed by atoms with E-state index >= 15 is 0 Å². The molecule has 222 valence electrons. The quantitative estimate of drug-likeness (QED) is 0.149. The minimum absolute atomic E-state index is 0.260. The molecule has 1 aliphatic heterocycles. The number of aryl methyl sites for hydroxylation is 1. The maximum atomic E-state index is 6.43. The summed E-state index contributed by atoms with van der Waals surface area (Å²) in [4.78, 5) is 8.73. The van der Waals surface area contributed by atoms with E-state index in [0.717, 1.165) is 39.2 Å². The van der Waals surface area contributed by atoms with E-state index in [4.69, 9.17) is 69.6 Å². The molecule has 4 heterocycles. The third-order valence-corrected chi connectivity index (χ3v) is 8.31. The third kappa shape index (κ3) is 7.02. The summed E-state index contributed by atoms with van der Waals surface area (Å²) in [5, 5.41) is 15.0. The molecule has 1 unspecified atom stereocenters. The molecular formula is C32H22Cl6N6. The van der Waals surface area contributed by atoms with Crippen molar-refractivity contribution >= 4 is 86.5 Å². The molecule has 0 saturated carbocycles. The first-order chi connectivity index (χ1) is 21.2. The predicted octanol–water partition coefficient (Wildman–Crippen LogP) is 10.3. The van der Waals surface area contributed by atoms with Crippen molar-refractivity contribution in [2.75, 3.05) is 0 Å². The van der Waals surface area contributed by atoms with Crippen molar-refractivity contribution in [3.63, 3.8) is 0 Å². The van der Waals surface area contributed by atoms with Crippen molar-refractivity contribution in [1.29, 1.82) is 0 Å². The minimum atomic E-state index is -0.512. The number of hydrogen-bond acceptors (Lipinski definition) is 6. The molecule has 0 amide bonds. The Morgan fingerprint density at radius 3 is 1.75 bits per heavy atom. The van der Waals surface area contributed by atoms with E-state index in [1.807, 2.05) is 62.4 Å². The first-order valence-electron chi connectivity index (χ1n) is 13.1.